The fraction of sp³-hybridized carbons (Fsp3) is 0.0714. The zero-order chi connectivity index (χ0) is 11.8. The number of hydrogen-bond acceptors (Lipinski definition) is 2. The quantitative estimate of drug-likeness (QED) is 0.629. The van der Waals surface area contributed by atoms with Crippen molar-refractivity contribution in [3.8, 4) is 11.5 Å². The number of rotatable bonds is 1. The van der Waals surface area contributed by atoms with Crippen molar-refractivity contribution < 1.29 is 8.81 Å². The second kappa shape index (κ2) is 3.70. The summed E-state index contributed by atoms with van der Waals surface area (Å²) in [4.78, 5) is 4.26. The Balaban J connectivity index is 2.16. The van der Waals surface area contributed by atoms with Crippen LogP contribution in [0.15, 0.2) is 47.1 Å². The molecule has 3 heteroatoms. The van der Waals surface area contributed by atoms with E-state index in [2.05, 4.69) is 4.98 Å². The SMILES string of the molecule is Cc1coc(-c2ccc3cc(F)ccc3c2)n1. The number of benzene rings is 2. The lowest BCUT2D eigenvalue weighted by Gasteiger charge is -2.00. The van der Waals surface area contributed by atoms with Crippen molar-refractivity contribution in [3.63, 3.8) is 0 Å². The van der Waals surface area contributed by atoms with E-state index in [9.17, 15) is 4.39 Å². The van der Waals surface area contributed by atoms with Gasteiger partial charge in [0, 0.05) is 5.56 Å². The summed E-state index contributed by atoms with van der Waals surface area (Å²) in [5.74, 6) is 0.367. The largest absolute Gasteiger partial charge is 0.444 e. The zero-order valence-electron chi connectivity index (χ0n) is 9.27. The van der Waals surface area contributed by atoms with Crippen molar-refractivity contribution in [2.75, 3.05) is 0 Å². The van der Waals surface area contributed by atoms with Gasteiger partial charge in [0.15, 0.2) is 0 Å². The van der Waals surface area contributed by atoms with E-state index in [1.165, 1.54) is 12.1 Å². The minimum atomic E-state index is -0.225. The summed E-state index contributed by atoms with van der Waals surface area (Å²) in [6, 6.07) is 10.4. The van der Waals surface area contributed by atoms with Gasteiger partial charge >= 0.3 is 0 Å². The van der Waals surface area contributed by atoms with Crippen LogP contribution in [0.5, 0.6) is 0 Å². The average Bonchev–Trinajstić information content (AvgIpc) is 2.75. The van der Waals surface area contributed by atoms with Crippen LogP contribution in [0.25, 0.3) is 22.2 Å². The van der Waals surface area contributed by atoms with Gasteiger partial charge in [0.2, 0.25) is 5.89 Å². The predicted octanol–water partition coefficient (Wildman–Crippen LogP) is 3.94. The van der Waals surface area contributed by atoms with Crippen LogP contribution in [-0.2, 0) is 0 Å². The summed E-state index contributed by atoms with van der Waals surface area (Å²) in [7, 11) is 0. The molecule has 0 aliphatic carbocycles. The van der Waals surface area contributed by atoms with E-state index in [0.717, 1.165) is 22.0 Å². The second-order valence-corrected chi connectivity index (χ2v) is 4.00. The van der Waals surface area contributed by atoms with E-state index in [1.54, 1.807) is 12.3 Å². The summed E-state index contributed by atoms with van der Waals surface area (Å²) in [5, 5.41) is 1.84. The molecule has 0 unspecified atom stereocenters. The van der Waals surface area contributed by atoms with Gasteiger partial charge < -0.3 is 4.42 Å². The molecular formula is C14H10FNO. The maximum atomic E-state index is 13.0. The normalized spacial score (nSPS) is 10.9. The minimum Gasteiger partial charge on any atom is -0.444 e. The lowest BCUT2D eigenvalue weighted by molar-refractivity contribution is 0.573. The van der Waals surface area contributed by atoms with Gasteiger partial charge in [0.05, 0.1) is 5.69 Å². The number of fused-ring (bicyclic) bond motifs is 1. The molecule has 0 aliphatic rings. The Hall–Kier alpha value is -2.16. The molecule has 0 bridgehead atoms. The zero-order valence-corrected chi connectivity index (χ0v) is 9.27. The van der Waals surface area contributed by atoms with Crippen molar-refractivity contribution in [1.82, 2.24) is 4.98 Å². The first-order valence-electron chi connectivity index (χ1n) is 5.34. The molecule has 1 aromatic heterocycles. The molecule has 1 heterocycles. The first-order chi connectivity index (χ1) is 8.22. The van der Waals surface area contributed by atoms with Gasteiger partial charge in [-0.05, 0) is 42.0 Å². The topological polar surface area (TPSA) is 26.0 Å². The molecule has 0 saturated heterocycles. The molecule has 3 aromatic rings. The molecular weight excluding hydrogens is 217 g/mol. The summed E-state index contributed by atoms with van der Waals surface area (Å²) < 4.78 is 18.4. The molecule has 0 atom stereocenters. The molecule has 0 spiro atoms. The number of aryl methyl sites for hydroxylation is 1. The van der Waals surface area contributed by atoms with Crippen LogP contribution in [0.2, 0.25) is 0 Å². The molecule has 0 N–H and O–H groups in total. The third-order valence-electron chi connectivity index (χ3n) is 2.67. The van der Waals surface area contributed by atoms with Crippen LogP contribution in [0, 0.1) is 12.7 Å². The molecule has 0 aliphatic heterocycles. The van der Waals surface area contributed by atoms with Crippen LogP contribution in [0.1, 0.15) is 5.69 Å². The molecule has 3 rings (SSSR count). The number of oxazole rings is 1. The van der Waals surface area contributed by atoms with Crippen molar-refractivity contribution in [1.29, 1.82) is 0 Å². The number of hydrogen-bond donors (Lipinski definition) is 0. The Morgan fingerprint density at radius 3 is 2.59 bits per heavy atom. The lowest BCUT2D eigenvalue weighted by atomic mass is 10.1. The van der Waals surface area contributed by atoms with Crippen LogP contribution in [0.3, 0.4) is 0 Å². The molecule has 0 radical (unpaired) electrons. The Labute approximate surface area is 97.7 Å². The van der Waals surface area contributed by atoms with Crippen LogP contribution in [-0.4, -0.2) is 4.98 Å². The van der Waals surface area contributed by atoms with Crippen molar-refractivity contribution in [2.45, 2.75) is 6.92 Å². The van der Waals surface area contributed by atoms with Gasteiger partial charge in [-0.1, -0.05) is 12.1 Å². The molecule has 84 valence electrons. The molecule has 0 saturated carbocycles. The van der Waals surface area contributed by atoms with E-state index in [0.29, 0.717) is 5.89 Å². The highest BCUT2D eigenvalue weighted by molar-refractivity contribution is 5.86. The van der Waals surface area contributed by atoms with Crippen LogP contribution >= 0.6 is 0 Å². The average molecular weight is 227 g/mol. The first kappa shape index (κ1) is 10.0. The fourth-order valence-corrected chi connectivity index (χ4v) is 1.84. The smallest absolute Gasteiger partial charge is 0.226 e. The van der Waals surface area contributed by atoms with Gasteiger partial charge in [0.1, 0.15) is 12.1 Å². The Bertz CT molecular complexity index is 688. The summed E-state index contributed by atoms with van der Waals surface area (Å²) in [5.41, 5.74) is 1.75. The monoisotopic (exact) mass is 227 g/mol. The van der Waals surface area contributed by atoms with E-state index in [-0.39, 0.29) is 5.82 Å². The highest BCUT2D eigenvalue weighted by Crippen LogP contribution is 2.24. The standard InChI is InChI=1S/C14H10FNO/c1-9-8-17-14(16-9)12-3-2-11-7-13(15)5-4-10(11)6-12/h2-8H,1H3. The maximum Gasteiger partial charge on any atom is 0.226 e. The molecule has 17 heavy (non-hydrogen) atoms. The van der Waals surface area contributed by atoms with E-state index in [4.69, 9.17) is 4.42 Å². The second-order valence-electron chi connectivity index (χ2n) is 4.00. The van der Waals surface area contributed by atoms with E-state index < -0.39 is 0 Å². The number of nitrogens with zero attached hydrogens (tertiary/aromatic N) is 1. The lowest BCUT2D eigenvalue weighted by Crippen LogP contribution is -1.81. The van der Waals surface area contributed by atoms with Crippen molar-refractivity contribution in [3.05, 3.63) is 54.2 Å². The predicted molar refractivity (Wildman–Crippen MR) is 64.1 cm³/mol. The minimum absolute atomic E-state index is 0.225. The first-order valence-corrected chi connectivity index (χ1v) is 5.34. The van der Waals surface area contributed by atoms with Gasteiger partial charge in [-0.15, -0.1) is 0 Å². The highest BCUT2D eigenvalue weighted by Gasteiger charge is 2.05. The van der Waals surface area contributed by atoms with E-state index in [1.807, 2.05) is 25.1 Å². The number of halogens is 1. The summed E-state index contributed by atoms with van der Waals surface area (Å²) in [6.07, 6.45) is 1.62. The number of aromatic nitrogens is 1. The van der Waals surface area contributed by atoms with Crippen molar-refractivity contribution >= 4 is 10.8 Å². The molecule has 2 aromatic carbocycles. The Kier molecular flexibility index (Phi) is 2.18. The van der Waals surface area contributed by atoms with Crippen molar-refractivity contribution in [2.24, 2.45) is 0 Å². The van der Waals surface area contributed by atoms with Gasteiger partial charge in [-0.2, -0.15) is 0 Å². The fourth-order valence-electron chi connectivity index (χ4n) is 1.84. The van der Waals surface area contributed by atoms with Crippen LogP contribution < -0.4 is 0 Å². The Morgan fingerprint density at radius 2 is 1.82 bits per heavy atom. The summed E-state index contributed by atoms with van der Waals surface area (Å²) >= 11 is 0. The third kappa shape index (κ3) is 1.80. The Morgan fingerprint density at radius 1 is 1.06 bits per heavy atom. The summed E-state index contributed by atoms with van der Waals surface area (Å²) in [6.45, 7) is 1.88. The molecule has 2 nitrogen and oxygen atoms in total. The third-order valence-corrected chi connectivity index (χ3v) is 2.67. The van der Waals surface area contributed by atoms with Gasteiger partial charge in [-0.3, -0.25) is 0 Å². The maximum absolute atomic E-state index is 13.0. The van der Waals surface area contributed by atoms with Gasteiger partial charge in [0.25, 0.3) is 0 Å². The van der Waals surface area contributed by atoms with Crippen LogP contribution in [0.4, 0.5) is 4.39 Å². The van der Waals surface area contributed by atoms with Gasteiger partial charge in [-0.25, -0.2) is 9.37 Å². The van der Waals surface area contributed by atoms with E-state index >= 15 is 0 Å². The highest BCUT2D eigenvalue weighted by atomic mass is 19.1. The molecule has 0 fully saturated rings. The molecule has 0 amide bonds.